The highest BCUT2D eigenvalue weighted by Crippen LogP contribution is 2.41. The second-order valence-electron chi connectivity index (χ2n) is 7.62. The zero-order valence-electron chi connectivity index (χ0n) is 17.7. The number of rotatable bonds is 8. The first kappa shape index (κ1) is 26.4. The van der Waals surface area contributed by atoms with E-state index in [1.165, 1.54) is 24.3 Å². The minimum Gasteiger partial charge on any atom is -0.454 e. The molecule has 0 amide bonds. The number of esters is 1. The van der Waals surface area contributed by atoms with Crippen molar-refractivity contribution >= 4 is 59.8 Å². The van der Waals surface area contributed by atoms with Crippen LogP contribution in [0, 0.1) is 15.5 Å². The Morgan fingerprint density at radius 2 is 1.72 bits per heavy atom. The van der Waals surface area contributed by atoms with Crippen LogP contribution in [0.3, 0.4) is 0 Å². The molecule has 0 aliphatic rings. The first-order chi connectivity index (χ1) is 14.8. The van der Waals surface area contributed by atoms with Crippen molar-refractivity contribution in [2.24, 2.45) is 5.41 Å². The van der Waals surface area contributed by atoms with E-state index in [9.17, 15) is 19.5 Å². The summed E-state index contributed by atoms with van der Waals surface area (Å²) in [5, 5.41) is 11.9. The maximum atomic E-state index is 12.7. The molecule has 174 valence electrons. The Morgan fingerprint density at radius 1 is 1.12 bits per heavy atom. The molecule has 0 aliphatic carbocycles. The SMILES string of the molecule is CCc1cc([N+](=O)[O-])c([PH](=O)OCOC(=O)C(C)(C)C)cc1Oc1c(Cl)cc(Cl)cc1Cl. The molecule has 2 aromatic carbocycles. The highest BCUT2D eigenvalue weighted by atomic mass is 35.5. The van der Waals surface area contributed by atoms with Crippen LogP contribution in [-0.4, -0.2) is 17.7 Å². The predicted molar refractivity (Wildman–Crippen MR) is 124 cm³/mol. The van der Waals surface area contributed by atoms with E-state index < -0.39 is 36.8 Å². The maximum absolute atomic E-state index is 12.7. The third kappa shape index (κ3) is 6.59. The first-order valence-corrected chi connectivity index (χ1v) is 11.8. The van der Waals surface area contributed by atoms with E-state index in [0.29, 0.717) is 17.0 Å². The average molecular weight is 525 g/mol. The van der Waals surface area contributed by atoms with Crippen molar-refractivity contribution in [3.8, 4) is 11.5 Å². The molecule has 0 N–H and O–H groups in total. The number of nitrogens with zero attached hydrogens (tertiary/aromatic N) is 1. The van der Waals surface area contributed by atoms with Gasteiger partial charge in [-0.05, 0) is 39.3 Å². The smallest absolute Gasteiger partial charge is 0.313 e. The van der Waals surface area contributed by atoms with Crippen LogP contribution in [0.25, 0.3) is 0 Å². The number of carbonyl (C=O) groups is 1. The van der Waals surface area contributed by atoms with Gasteiger partial charge in [0.1, 0.15) is 11.1 Å². The lowest BCUT2D eigenvalue weighted by Gasteiger charge is -2.17. The van der Waals surface area contributed by atoms with Gasteiger partial charge in [-0.25, -0.2) is 0 Å². The number of halogens is 3. The minimum atomic E-state index is -3.18. The number of benzene rings is 2. The van der Waals surface area contributed by atoms with Crippen LogP contribution >= 0.6 is 42.8 Å². The summed E-state index contributed by atoms with van der Waals surface area (Å²) >= 11 is 18.3. The van der Waals surface area contributed by atoms with Crippen molar-refractivity contribution < 1.29 is 28.3 Å². The lowest BCUT2D eigenvalue weighted by molar-refractivity contribution is -0.383. The Bertz CT molecular complexity index is 1050. The molecule has 32 heavy (non-hydrogen) atoms. The van der Waals surface area contributed by atoms with E-state index in [-0.39, 0.29) is 26.8 Å². The van der Waals surface area contributed by atoms with Gasteiger partial charge in [0.05, 0.1) is 20.4 Å². The van der Waals surface area contributed by atoms with Crippen molar-refractivity contribution in [1.29, 1.82) is 0 Å². The maximum Gasteiger partial charge on any atom is 0.313 e. The molecule has 0 aromatic heterocycles. The Kier molecular flexibility index (Phi) is 8.97. The van der Waals surface area contributed by atoms with E-state index in [1.807, 2.05) is 0 Å². The summed E-state index contributed by atoms with van der Waals surface area (Å²) in [6, 6.07) is 5.34. The number of hydrogen-bond acceptors (Lipinski definition) is 7. The van der Waals surface area contributed by atoms with Crippen molar-refractivity contribution in [3.05, 3.63) is 55.0 Å². The number of aryl methyl sites for hydroxylation is 1. The normalized spacial score (nSPS) is 12.3. The Balaban J connectivity index is 2.39. The van der Waals surface area contributed by atoms with E-state index in [2.05, 4.69) is 0 Å². The van der Waals surface area contributed by atoms with Crippen LogP contribution in [0.4, 0.5) is 5.69 Å². The summed E-state index contributed by atoms with van der Waals surface area (Å²) in [7, 11) is -3.18. The van der Waals surface area contributed by atoms with Crippen LogP contribution in [0.2, 0.25) is 15.1 Å². The molecule has 2 rings (SSSR count). The molecule has 0 fully saturated rings. The number of ether oxygens (including phenoxy) is 2. The highest BCUT2D eigenvalue weighted by Gasteiger charge is 2.26. The summed E-state index contributed by atoms with van der Waals surface area (Å²) < 4.78 is 28.6. The van der Waals surface area contributed by atoms with E-state index in [4.69, 9.17) is 48.8 Å². The molecule has 0 bridgehead atoms. The number of nitro benzene ring substituents is 1. The number of carbonyl (C=O) groups excluding carboxylic acids is 1. The van der Waals surface area contributed by atoms with E-state index >= 15 is 0 Å². The van der Waals surface area contributed by atoms with E-state index in [0.717, 1.165) is 0 Å². The van der Waals surface area contributed by atoms with Crippen molar-refractivity contribution in [1.82, 2.24) is 0 Å². The third-order valence-corrected chi connectivity index (χ3v) is 6.14. The largest absolute Gasteiger partial charge is 0.454 e. The Labute approximate surface area is 200 Å². The molecule has 2 aromatic rings. The quantitative estimate of drug-likeness (QED) is 0.126. The van der Waals surface area contributed by atoms with Gasteiger partial charge in [-0.2, -0.15) is 0 Å². The molecule has 1 atom stereocenters. The highest BCUT2D eigenvalue weighted by molar-refractivity contribution is 7.48. The Hall–Kier alpha value is -1.83. The number of hydrogen-bond donors (Lipinski definition) is 0. The van der Waals surface area contributed by atoms with Crippen LogP contribution < -0.4 is 10.0 Å². The van der Waals surface area contributed by atoms with Crippen molar-refractivity contribution in [2.75, 3.05) is 6.79 Å². The summed E-state index contributed by atoms with van der Waals surface area (Å²) in [4.78, 5) is 22.7. The fraction of sp³-hybridized carbons (Fsp3) is 0.350. The third-order valence-electron chi connectivity index (χ3n) is 4.14. The van der Waals surface area contributed by atoms with Crippen LogP contribution in [0.5, 0.6) is 11.5 Å². The van der Waals surface area contributed by atoms with Crippen LogP contribution in [-0.2, 0) is 25.0 Å². The van der Waals surface area contributed by atoms with Gasteiger partial charge in [-0.15, -0.1) is 0 Å². The molecule has 0 saturated carbocycles. The summed E-state index contributed by atoms with van der Waals surface area (Å²) in [5.74, 6) is -0.320. The minimum absolute atomic E-state index is 0.0898. The topological polar surface area (TPSA) is 105 Å². The number of nitro groups is 1. The zero-order valence-corrected chi connectivity index (χ0v) is 20.9. The summed E-state index contributed by atoms with van der Waals surface area (Å²) in [6.45, 7) is 6.07. The van der Waals surface area contributed by atoms with Gasteiger partial charge in [0, 0.05) is 22.7 Å². The van der Waals surface area contributed by atoms with Crippen LogP contribution in [0.1, 0.15) is 33.3 Å². The first-order valence-electron chi connectivity index (χ1n) is 9.33. The molecule has 0 heterocycles. The van der Waals surface area contributed by atoms with Gasteiger partial charge in [0.2, 0.25) is 8.03 Å². The molecular weight excluding hydrogens is 504 g/mol. The van der Waals surface area contributed by atoms with E-state index in [1.54, 1.807) is 27.7 Å². The second-order valence-corrected chi connectivity index (χ2v) is 10.3. The molecule has 1 unspecified atom stereocenters. The van der Waals surface area contributed by atoms with Gasteiger partial charge in [-0.3, -0.25) is 24.0 Å². The molecule has 12 heteroatoms. The molecular formula is C20H21Cl3NO7P. The van der Waals surface area contributed by atoms with Crippen LogP contribution in [0.15, 0.2) is 24.3 Å². The van der Waals surface area contributed by atoms with Crippen molar-refractivity contribution in [3.63, 3.8) is 0 Å². The fourth-order valence-corrected chi connectivity index (χ4v) is 4.30. The molecule has 0 saturated heterocycles. The standard InChI is InChI=1S/C20H21Cl3NO7P/c1-5-11-6-15(24(26)27)17(32(28)30-10-29-19(25)20(2,3)4)9-16(11)31-18-13(22)7-12(21)8-14(18)23/h6-9,32H,5,10H2,1-4H3. The lowest BCUT2D eigenvalue weighted by atomic mass is 9.98. The molecule has 8 nitrogen and oxygen atoms in total. The molecule has 0 radical (unpaired) electrons. The van der Waals surface area contributed by atoms with Gasteiger partial charge in [0.25, 0.3) is 5.69 Å². The zero-order chi connectivity index (χ0) is 24.2. The van der Waals surface area contributed by atoms with Gasteiger partial charge in [-0.1, -0.05) is 41.7 Å². The predicted octanol–water partition coefficient (Wildman–Crippen LogP) is 6.57. The summed E-state index contributed by atoms with van der Waals surface area (Å²) in [5.41, 5.74) is -0.739. The molecule has 0 aliphatic heterocycles. The molecule has 0 spiro atoms. The van der Waals surface area contributed by atoms with Gasteiger partial charge in [0.15, 0.2) is 12.5 Å². The van der Waals surface area contributed by atoms with Gasteiger partial charge >= 0.3 is 5.97 Å². The van der Waals surface area contributed by atoms with Crippen molar-refractivity contribution in [2.45, 2.75) is 34.1 Å². The Morgan fingerprint density at radius 3 is 2.22 bits per heavy atom. The fourth-order valence-electron chi connectivity index (χ4n) is 2.46. The lowest BCUT2D eigenvalue weighted by Crippen LogP contribution is -2.23. The monoisotopic (exact) mass is 523 g/mol. The average Bonchev–Trinajstić information content (AvgIpc) is 2.68. The second kappa shape index (κ2) is 10.9. The van der Waals surface area contributed by atoms with Gasteiger partial charge < -0.3 is 9.47 Å². The summed E-state index contributed by atoms with van der Waals surface area (Å²) in [6.07, 6.45) is 0.365.